The Morgan fingerprint density at radius 3 is 2.37 bits per heavy atom. The number of carboxylic acids is 1. The number of carboxylic acid groups (broad SMARTS) is 1. The number of nitrogens with one attached hydrogen (secondary N) is 1. The summed E-state index contributed by atoms with van der Waals surface area (Å²) in [4.78, 5) is 39.7. The SMILES string of the molecule is O=C(O)[C@H](Cc1cccc(Br)c1)NC(=O)[C@@H]1Cc2ccccc2CN1C(=O)OCc1ccccc1. The maximum absolute atomic E-state index is 13.3. The van der Waals surface area contributed by atoms with E-state index >= 15 is 0 Å². The molecule has 0 aliphatic carbocycles. The zero-order valence-corrected chi connectivity index (χ0v) is 20.5. The number of hydrogen-bond acceptors (Lipinski definition) is 4. The van der Waals surface area contributed by atoms with E-state index in [2.05, 4.69) is 21.2 Å². The number of ether oxygens (including phenoxy) is 1. The summed E-state index contributed by atoms with van der Waals surface area (Å²) in [5, 5.41) is 12.4. The molecular weight excluding hydrogens is 512 g/mol. The number of rotatable bonds is 7. The molecular formula is C27H25BrN2O5. The van der Waals surface area contributed by atoms with Gasteiger partial charge >= 0.3 is 12.1 Å². The number of benzene rings is 3. The minimum absolute atomic E-state index is 0.0762. The van der Waals surface area contributed by atoms with E-state index in [1.165, 1.54) is 4.90 Å². The van der Waals surface area contributed by atoms with E-state index in [-0.39, 0.29) is 26.0 Å². The van der Waals surface area contributed by atoms with Gasteiger partial charge in [0.05, 0.1) is 6.54 Å². The van der Waals surface area contributed by atoms with Crippen LogP contribution in [0, 0.1) is 0 Å². The van der Waals surface area contributed by atoms with Crippen molar-refractivity contribution in [3.63, 3.8) is 0 Å². The molecule has 0 fully saturated rings. The topological polar surface area (TPSA) is 95.9 Å². The van der Waals surface area contributed by atoms with Gasteiger partial charge in [0.2, 0.25) is 5.91 Å². The molecule has 1 heterocycles. The summed E-state index contributed by atoms with van der Waals surface area (Å²) in [7, 11) is 0. The van der Waals surface area contributed by atoms with Gasteiger partial charge in [-0.2, -0.15) is 0 Å². The molecule has 0 unspecified atom stereocenters. The van der Waals surface area contributed by atoms with E-state index in [9.17, 15) is 19.5 Å². The number of carbonyl (C=O) groups excluding carboxylic acids is 2. The molecule has 3 aromatic rings. The van der Waals surface area contributed by atoms with Crippen molar-refractivity contribution >= 4 is 33.9 Å². The minimum atomic E-state index is -1.15. The van der Waals surface area contributed by atoms with Gasteiger partial charge in [-0.3, -0.25) is 9.69 Å². The Morgan fingerprint density at radius 1 is 0.971 bits per heavy atom. The van der Waals surface area contributed by atoms with Gasteiger partial charge in [-0.1, -0.05) is 82.7 Å². The molecule has 0 spiro atoms. The normalized spacial score (nSPS) is 15.6. The fourth-order valence-electron chi connectivity index (χ4n) is 4.12. The highest BCUT2D eigenvalue weighted by atomic mass is 79.9. The van der Waals surface area contributed by atoms with E-state index in [1.807, 2.05) is 72.8 Å². The summed E-state index contributed by atoms with van der Waals surface area (Å²) < 4.78 is 6.33. The predicted molar refractivity (Wildman–Crippen MR) is 134 cm³/mol. The Bertz CT molecular complexity index is 1220. The molecule has 4 rings (SSSR count). The maximum atomic E-state index is 13.3. The van der Waals surface area contributed by atoms with Crippen LogP contribution in [0.1, 0.15) is 22.3 Å². The zero-order chi connectivity index (χ0) is 24.8. The lowest BCUT2D eigenvalue weighted by molar-refractivity contribution is -0.142. The molecule has 0 saturated heterocycles. The Labute approximate surface area is 211 Å². The molecule has 8 heteroatoms. The van der Waals surface area contributed by atoms with Crippen molar-refractivity contribution in [1.29, 1.82) is 0 Å². The summed E-state index contributed by atoms with van der Waals surface area (Å²) in [6.07, 6.45) is -0.240. The first-order valence-electron chi connectivity index (χ1n) is 11.2. The molecule has 2 atom stereocenters. The van der Waals surface area contributed by atoms with Crippen molar-refractivity contribution in [3.05, 3.63) is 106 Å². The first kappa shape index (κ1) is 24.5. The number of carbonyl (C=O) groups is 3. The lowest BCUT2D eigenvalue weighted by Crippen LogP contribution is -2.56. The van der Waals surface area contributed by atoms with E-state index in [0.717, 1.165) is 26.7 Å². The highest BCUT2D eigenvalue weighted by Crippen LogP contribution is 2.25. The third-order valence-electron chi connectivity index (χ3n) is 5.93. The fourth-order valence-corrected chi connectivity index (χ4v) is 4.57. The van der Waals surface area contributed by atoms with Crippen molar-refractivity contribution in [2.45, 2.75) is 38.1 Å². The van der Waals surface area contributed by atoms with Crippen LogP contribution in [-0.2, 0) is 40.3 Å². The van der Waals surface area contributed by atoms with Crippen LogP contribution in [0.15, 0.2) is 83.3 Å². The highest BCUT2D eigenvalue weighted by molar-refractivity contribution is 9.10. The molecule has 0 bridgehead atoms. The third kappa shape index (κ3) is 6.27. The molecule has 180 valence electrons. The van der Waals surface area contributed by atoms with E-state index in [0.29, 0.717) is 0 Å². The van der Waals surface area contributed by atoms with Gasteiger partial charge in [0.15, 0.2) is 0 Å². The molecule has 7 nitrogen and oxygen atoms in total. The quantitative estimate of drug-likeness (QED) is 0.468. The predicted octanol–water partition coefficient (Wildman–Crippen LogP) is 4.32. The molecule has 0 saturated carbocycles. The number of amides is 2. The highest BCUT2D eigenvalue weighted by Gasteiger charge is 2.37. The lowest BCUT2D eigenvalue weighted by Gasteiger charge is -2.35. The summed E-state index contributed by atoms with van der Waals surface area (Å²) >= 11 is 3.38. The van der Waals surface area contributed by atoms with Crippen LogP contribution in [-0.4, -0.2) is 40.1 Å². The second-order valence-electron chi connectivity index (χ2n) is 8.39. The van der Waals surface area contributed by atoms with Gasteiger partial charge in [-0.05, 0) is 34.4 Å². The fraction of sp³-hybridized carbons (Fsp3) is 0.222. The van der Waals surface area contributed by atoms with Gasteiger partial charge in [0.25, 0.3) is 0 Å². The Hall–Kier alpha value is -3.65. The first-order chi connectivity index (χ1) is 16.9. The van der Waals surface area contributed by atoms with Gasteiger partial charge in [0.1, 0.15) is 18.7 Å². The molecule has 2 N–H and O–H groups in total. The van der Waals surface area contributed by atoms with E-state index in [1.54, 1.807) is 6.07 Å². The minimum Gasteiger partial charge on any atom is -0.480 e. The van der Waals surface area contributed by atoms with Crippen molar-refractivity contribution in [1.82, 2.24) is 10.2 Å². The summed E-state index contributed by atoms with van der Waals surface area (Å²) in [6, 6.07) is 22.1. The van der Waals surface area contributed by atoms with Crippen LogP contribution in [0.5, 0.6) is 0 Å². The maximum Gasteiger partial charge on any atom is 0.411 e. The molecule has 0 radical (unpaired) electrons. The molecule has 35 heavy (non-hydrogen) atoms. The van der Waals surface area contributed by atoms with E-state index in [4.69, 9.17) is 4.74 Å². The average molecular weight is 537 g/mol. The van der Waals surface area contributed by atoms with Crippen molar-refractivity contribution < 1.29 is 24.2 Å². The Kier molecular flexibility index (Phi) is 7.82. The molecule has 1 aliphatic heterocycles. The number of fused-ring (bicyclic) bond motifs is 1. The zero-order valence-electron chi connectivity index (χ0n) is 18.9. The molecule has 1 aliphatic rings. The number of nitrogens with zero attached hydrogens (tertiary/aromatic N) is 1. The van der Waals surface area contributed by atoms with Gasteiger partial charge in [-0.15, -0.1) is 0 Å². The molecule has 3 aromatic carbocycles. The lowest BCUT2D eigenvalue weighted by atomic mass is 9.93. The molecule has 0 aromatic heterocycles. The summed E-state index contributed by atoms with van der Waals surface area (Å²) in [5.74, 6) is -1.67. The monoisotopic (exact) mass is 536 g/mol. The second-order valence-corrected chi connectivity index (χ2v) is 9.31. The van der Waals surface area contributed by atoms with Gasteiger partial charge in [0, 0.05) is 17.3 Å². The van der Waals surface area contributed by atoms with Crippen LogP contribution in [0.4, 0.5) is 4.79 Å². The van der Waals surface area contributed by atoms with Crippen LogP contribution < -0.4 is 5.32 Å². The standard InChI is InChI=1S/C27H25BrN2O5/c28-22-12-6-9-19(13-22)14-23(26(32)33)29-25(31)24-15-20-10-4-5-11-21(20)16-30(24)27(34)35-17-18-7-2-1-3-8-18/h1-13,23-24H,14-17H2,(H,29,31)(H,32,33)/t23-,24-/m0/s1. The van der Waals surface area contributed by atoms with Crippen LogP contribution in [0.2, 0.25) is 0 Å². The number of hydrogen-bond donors (Lipinski definition) is 2. The second kappa shape index (κ2) is 11.2. The summed E-state index contributed by atoms with van der Waals surface area (Å²) in [6.45, 7) is 0.276. The smallest absolute Gasteiger partial charge is 0.411 e. The number of halogens is 1. The van der Waals surface area contributed by atoms with E-state index < -0.39 is 30.1 Å². The largest absolute Gasteiger partial charge is 0.480 e. The van der Waals surface area contributed by atoms with Crippen molar-refractivity contribution in [3.8, 4) is 0 Å². The van der Waals surface area contributed by atoms with Gasteiger partial charge < -0.3 is 15.2 Å². The van der Waals surface area contributed by atoms with Crippen LogP contribution in [0.3, 0.4) is 0 Å². The molecule has 2 amide bonds. The first-order valence-corrected chi connectivity index (χ1v) is 12.0. The Balaban J connectivity index is 1.52. The van der Waals surface area contributed by atoms with Crippen molar-refractivity contribution in [2.75, 3.05) is 0 Å². The average Bonchev–Trinajstić information content (AvgIpc) is 2.86. The summed E-state index contributed by atoms with van der Waals surface area (Å²) in [5.41, 5.74) is 3.47. The Morgan fingerprint density at radius 2 is 1.66 bits per heavy atom. The van der Waals surface area contributed by atoms with Crippen molar-refractivity contribution in [2.24, 2.45) is 0 Å². The number of aliphatic carboxylic acids is 1. The van der Waals surface area contributed by atoms with Crippen LogP contribution in [0.25, 0.3) is 0 Å². The van der Waals surface area contributed by atoms with Gasteiger partial charge in [-0.25, -0.2) is 9.59 Å². The third-order valence-corrected chi connectivity index (χ3v) is 6.43. The van der Waals surface area contributed by atoms with Crippen LogP contribution >= 0.6 is 15.9 Å².